The lowest BCUT2D eigenvalue weighted by Gasteiger charge is -2.28. The summed E-state index contributed by atoms with van der Waals surface area (Å²) in [5.74, 6) is -0.0864. The molecule has 1 N–H and O–H groups in total. The van der Waals surface area contributed by atoms with Crippen LogP contribution in [0.5, 0.6) is 5.75 Å². The molecule has 25 heavy (non-hydrogen) atoms. The predicted molar refractivity (Wildman–Crippen MR) is 97.7 cm³/mol. The summed E-state index contributed by atoms with van der Waals surface area (Å²) in [5.41, 5.74) is 0.739. The van der Waals surface area contributed by atoms with E-state index in [0.29, 0.717) is 11.4 Å². The number of sulfonamides is 1. The van der Waals surface area contributed by atoms with Crippen LogP contribution >= 0.6 is 11.6 Å². The minimum absolute atomic E-state index is 0.244. The molecule has 0 radical (unpaired) electrons. The summed E-state index contributed by atoms with van der Waals surface area (Å²) < 4.78 is 30.6. The van der Waals surface area contributed by atoms with Gasteiger partial charge in [-0.05, 0) is 37.3 Å². The summed E-state index contributed by atoms with van der Waals surface area (Å²) in [6.45, 7) is 1.49. The van der Waals surface area contributed by atoms with Gasteiger partial charge in [-0.1, -0.05) is 11.6 Å². The number of nitrogens with one attached hydrogen (secondary N) is 1. The Hall–Kier alpha value is -2.32. The lowest BCUT2D eigenvalue weighted by molar-refractivity contribution is -0.116. The first-order chi connectivity index (χ1) is 11.7. The van der Waals surface area contributed by atoms with Gasteiger partial charge in [-0.15, -0.1) is 0 Å². The van der Waals surface area contributed by atoms with Crippen LogP contribution in [0.4, 0.5) is 11.4 Å². The molecule has 0 saturated heterocycles. The van der Waals surface area contributed by atoms with Crippen LogP contribution in [0.15, 0.2) is 42.7 Å². The van der Waals surface area contributed by atoms with Gasteiger partial charge in [0.15, 0.2) is 0 Å². The van der Waals surface area contributed by atoms with Crippen molar-refractivity contribution in [3.05, 3.63) is 47.7 Å². The SMILES string of the molecule is COc1ccc(N(C(C)C(=O)Nc2cccnc2)S(C)(=O)=O)cc1Cl. The van der Waals surface area contributed by atoms with Crippen molar-refractivity contribution in [3.8, 4) is 5.75 Å². The van der Waals surface area contributed by atoms with Crippen molar-refractivity contribution < 1.29 is 17.9 Å². The zero-order chi connectivity index (χ0) is 18.6. The maximum atomic E-state index is 12.5. The predicted octanol–water partition coefficient (Wildman–Crippen LogP) is 2.54. The maximum absolute atomic E-state index is 12.5. The number of anilines is 2. The fourth-order valence-corrected chi connectivity index (χ4v) is 3.70. The molecule has 0 fully saturated rings. The Balaban J connectivity index is 2.34. The van der Waals surface area contributed by atoms with E-state index in [1.54, 1.807) is 24.4 Å². The number of hydrogen-bond acceptors (Lipinski definition) is 5. The van der Waals surface area contributed by atoms with Crippen molar-refractivity contribution in [1.29, 1.82) is 0 Å². The lowest BCUT2D eigenvalue weighted by Crippen LogP contribution is -2.45. The van der Waals surface area contributed by atoms with E-state index in [2.05, 4.69) is 10.3 Å². The second-order valence-electron chi connectivity index (χ2n) is 5.28. The highest BCUT2D eigenvalue weighted by molar-refractivity contribution is 7.92. The number of aromatic nitrogens is 1. The van der Waals surface area contributed by atoms with Crippen molar-refractivity contribution in [2.24, 2.45) is 0 Å². The molecule has 0 spiro atoms. The number of rotatable bonds is 6. The Morgan fingerprint density at radius 2 is 2.08 bits per heavy atom. The van der Waals surface area contributed by atoms with Crippen LogP contribution in [0.2, 0.25) is 5.02 Å². The van der Waals surface area contributed by atoms with E-state index < -0.39 is 22.0 Å². The zero-order valence-corrected chi connectivity index (χ0v) is 15.5. The van der Waals surface area contributed by atoms with Crippen LogP contribution in [0.3, 0.4) is 0 Å². The summed E-state index contributed by atoms with van der Waals surface area (Å²) in [4.78, 5) is 16.4. The molecule has 0 aliphatic carbocycles. The molecule has 7 nitrogen and oxygen atoms in total. The Morgan fingerprint density at radius 3 is 2.60 bits per heavy atom. The van der Waals surface area contributed by atoms with Crippen LogP contribution in [-0.2, 0) is 14.8 Å². The van der Waals surface area contributed by atoms with E-state index in [1.807, 2.05) is 0 Å². The van der Waals surface area contributed by atoms with Crippen molar-refractivity contribution in [3.63, 3.8) is 0 Å². The van der Waals surface area contributed by atoms with Crippen molar-refractivity contribution in [2.45, 2.75) is 13.0 Å². The van der Waals surface area contributed by atoms with Gasteiger partial charge >= 0.3 is 0 Å². The summed E-state index contributed by atoms with van der Waals surface area (Å²) in [6.07, 6.45) is 4.07. The number of halogens is 1. The Labute approximate surface area is 151 Å². The highest BCUT2D eigenvalue weighted by Crippen LogP contribution is 2.31. The summed E-state index contributed by atoms with van der Waals surface area (Å²) >= 11 is 6.08. The Morgan fingerprint density at radius 1 is 1.36 bits per heavy atom. The Kier molecular flexibility index (Phi) is 5.86. The molecule has 1 aromatic heterocycles. The monoisotopic (exact) mass is 383 g/mol. The smallest absolute Gasteiger partial charge is 0.248 e. The molecule has 134 valence electrons. The number of methoxy groups -OCH3 is 1. The van der Waals surface area contributed by atoms with E-state index in [-0.39, 0.29) is 10.7 Å². The Bertz CT molecular complexity index is 859. The van der Waals surface area contributed by atoms with Gasteiger partial charge in [0.05, 0.1) is 36.0 Å². The third-order valence-corrected chi connectivity index (χ3v) is 4.94. The van der Waals surface area contributed by atoms with Crippen molar-refractivity contribution >= 4 is 38.9 Å². The lowest BCUT2D eigenvalue weighted by atomic mass is 10.2. The number of hydrogen-bond donors (Lipinski definition) is 1. The van der Waals surface area contributed by atoms with Crippen LogP contribution in [0.1, 0.15) is 6.92 Å². The molecular weight excluding hydrogens is 366 g/mol. The van der Waals surface area contributed by atoms with Gasteiger partial charge in [0, 0.05) is 6.20 Å². The van der Waals surface area contributed by atoms with Gasteiger partial charge in [0.2, 0.25) is 15.9 Å². The number of pyridine rings is 1. The van der Waals surface area contributed by atoms with E-state index in [4.69, 9.17) is 16.3 Å². The standard InChI is InChI=1S/C16H18ClN3O4S/c1-11(16(21)19-12-5-4-8-18-10-12)20(25(3,22)23)13-6-7-15(24-2)14(17)9-13/h4-11H,1-3H3,(H,19,21). The topological polar surface area (TPSA) is 88.6 Å². The fourth-order valence-electron chi connectivity index (χ4n) is 2.28. The number of carbonyl (C=O) groups excluding carboxylic acids is 1. The first-order valence-corrected chi connectivity index (χ1v) is 9.50. The second kappa shape index (κ2) is 7.71. The highest BCUT2D eigenvalue weighted by Gasteiger charge is 2.29. The molecule has 1 heterocycles. The van der Waals surface area contributed by atoms with Crippen LogP contribution < -0.4 is 14.4 Å². The van der Waals surface area contributed by atoms with E-state index >= 15 is 0 Å². The van der Waals surface area contributed by atoms with Crippen LogP contribution in [0.25, 0.3) is 0 Å². The molecule has 0 aliphatic rings. The van der Waals surface area contributed by atoms with Gasteiger partial charge in [0.25, 0.3) is 0 Å². The largest absolute Gasteiger partial charge is 0.495 e. The average Bonchev–Trinajstić information content (AvgIpc) is 2.54. The number of benzene rings is 1. The van der Waals surface area contributed by atoms with Crippen molar-refractivity contribution in [2.75, 3.05) is 23.0 Å². The highest BCUT2D eigenvalue weighted by atomic mass is 35.5. The summed E-state index contributed by atoms with van der Waals surface area (Å²) in [7, 11) is -2.28. The first kappa shape index (κ1) is 19.0. The van der Waals surface area contributed by atoms with Crippen molar-refractivity contribution in [1.82, 2.24) is 4.98 Å². The maximum Gasteiger partial charge on any atom is 0.248 e. The molecule has 0 saturated carbocycles. The molecule has 2 aromatic rings. The molecule has 1 unspecified atom stereocenters. The van der Waals surface area contributed by atoms with Gasteiger partial charge < -0.3 is 10.1 Å². The van der Waals surface area contributed by atoms with Gasteiger partial charge in [-0.2, -0.15) is 0 Å². The molecular formula is C16H18ClN3O4S. The van der Waals surface area contributed by atoms with Gasteiger partial charge in [-0.25, -0.2) is 8.42 Å². The van der Waals surface area contributed by atoms with Crippen LogP contribution in [-0.4, -0.2) is 38.7 Å². The molecule has 0 aliphatic heterocycles. The molecule has 9 heteroatoms. The minimum atomic E-state index is -3.73. The molecule has 1 aromatic carbocycles. The second-order valence-corrected chi connectivity index (χ2v) is 7.55. The molecule has 2 rings (SSSR count). The number of amides is 1. The first-order valence-electron chi connectivity index (χ1n) is 7.28. The third-order valence-electron chi connectivity index (χ3n) is 3.41. The third kappa shape index (κ3) is 4.61. The number of carbonyl (C=O) groups is 1. The van der Waals surface area contributed by atoms with Gasteiger partial charge in [0.1, 0.15) is 11.8 Å². The van der Waals surface area contributed by atoms with E-state index in [9.17, 15) is 13.2 Å². The molecule has 0 bridgehead atoms. The number of ether oxygens (including phenoxy) is 1. The summed E-state index contributed by atoms with van der Waals surface area (Å²) in [6, 6.07) is 6.83. The summed E-state index contributed by atoms with van der Waals surface area (Å²) in [5, 5.41) is 2.88. The quantitative estimate of drug-likeness (QED) is 0.828. The van der Waals surface area contributed by atoms with Crippen LogP contribution in [0, 0.1) is 0 Å². The molecule has 1 amide bonds. The number of nitrogens with zero attached hydrogens (tertiary/aromatic N) is 2. The minimum Gasteiger partial charge on any atom is -0.495 e. The van der Waals surface area contributed by atoms with Gasteiger partial charge in [-0.3, -0.25) is 14.1 Å². The normalized spacial score (nSPS) is 12.3. The molecule has 1 atom stereocenters. The fraction of sp³-hybridized carbons (Fsp3) is 0.250. The zero-order valence-electron chi connectivity index (χ0n) is 13.9. The van der Waals surface area contributed by atoms with E-state index in [0.717, 1.165) is 10.6 Å². The van der Waals surface area contributed by atoms with E-state index in [1.165, 1.54) is 32.4 Å². The average molecular weight is 384 g/mol.